The molecule has 1 amide bonds. The normalized spacial score (nSPS) is 14.1. The van der Waals surface area contributed by atoms with Crippen LogP contribution in [0, 0.1) is 5.92 Å². The number of amides is 1. The highest BCUT2D eigenvalue weighted by Gasteiger charge is 2.36. The van der Waals surface area contributed by atoms with Crippen molar-refractivity contribution in [3.8, 4) is 0 Å². The second kappa shape index (κ2) is 6.91. The van der Waals surface area contributed by atoms with Gasteiger partial charge in [-0.25, -0.2) is 0 Å². The molecule has 0 aliphatic heterocycles. The molecule has 4 nitrogen and oxygen atoms in total. The van der Waals surface area contributed by atoms with E-state index in [-0.39, 0.29) is 18.4 Å². The molecule has 2 aromatic heterocycles. The highest BCUT2D eigenvalue weighted by molar-refractivity contribution is 7.10. The van der Waals surface area contributed by atoms with Crippen LogP contribution in [0.4, 0.5) is 0 Å². The Morgan fingerprint density at radius 3 is 2.67 bits per heavy atom. The number of thiophene rings is 1. The van der Waals surface area contributed by atoms with Gasteiger partial charge < -0.3 is 14.8 Å². The van der Waals surface area contributed by atoms with E-state index >= 15 is 0 Å². The highest BCUT2D eigenvalue weighted by atomic mass is 32.1. The van der Waals surface area contributed by atoms with Crippen LogP contribution in [-0.2, 0) is 10.4 Å². The SMILES string of the molecule is CCC(CC)C(=O)NCC(O)(c1ccco1)c1cccs1. The van der Waals surface area contributed by atoms with Crippen LogP contribution >= 0.6 is 11.3 Å². The summed E-state index contributed by atoms with van der Waals surface area (Å²) in [7, 11) is 0. The van der Waals surface area contributed by atoms with Gasteiger partial charge in [0.05, 0.1) is 12.8 Å². The maximum absolute atomic E-state index is 12.1. The van der Waals surface area contributed by atoms with Crippen molar-refractivity contribution in [2.24, 2.45) is 5.92 Å². The maximum atomic E-state index is 12.1. The Balaban J connectivity index is 2.17. The topological polar surface area (TPSA) is 62.5 Å². The summed E-state index contributed by atoms with van der Waals surface area (Å²) in [5.41, 5.74) is -1.32. The molecule has 0 bridgehead atoms. The lowest BCUT2D eigenvalue weighted by atomic mass is 9.97. The van der Waals surface area contributed by atoms with E-state index in [4.69, 9.17) is 4.42 Å². The second-order valence-corrected chi connectivity index (χ2v) is 5.99. The minimum Gasteiger partial charge on any atom is -0.466 e. The average molecular weight is 307 g/mol. The van der Waals surface area contributed by atoms with Crippen LogP contribution in [0.25, 0.3) is 0 Å². The molecule has 0 radical (unpaired) electrons. The molecule has 2 aromatic rings. The van der Waals surface area contributed by atoms with E-state index in [2.05, 4.69) is 5.32 Å². The Morgan fingerprint density at radius 1 is 1.38 bits per heavy atom. The minimum absolute atomic E-state index is 0.0193. The zero-order valence-electron chi connectivity index (χ0n) is 12.3. The van der Waals surface area contributed by atoms with Crippen molar-refractivity contribution in [3.05, 3.63) is 46.5 Å². The Hall–Kier alpha value is -1.59. The van der Waals surface area contributed by atoms with Gasteiger partial charge in [-0.15, -0.1) is 11.3 Å². The molecule has 21 heavy (non-hydrogen) atoms. The largest absolute Gasteiger partial charge is 0.466 e. The van der Waals surface area contributed by atoms with Gasteiger partial charge in [0.15, 0.2) is 5.60 Å². The summed E-state index contributed by atoms with van der Waals surface area (Å²) < 4.78 is 5.37. The molecule has 0 saturated heterocycles. The summed E-state index contributed by atoms with van der Waals surface area (Å²) in [6.45, 7) is 4.09. The van der Waals surface area contributed by atoms with E-state index < -0.39 is 5.60 Å². The van der Waals surface area contributed by atoms with Crippen molar-refractivity contribution >= 4 is 17.2 Å². The van der Waals surface area contributed by atoms with Crippen LogP contribution < -0.4 is 5.32 Å². The first-order valence-corrected chi connectivity index (χ1v) is 8.07. The van der Waals surface area contributed by atoms with E-state index in [1.165, 1.54) is 17.6 Å². The number of furan rings is 1. The molecule has 1 atom stereocenters. The van der Waals surface area contributed by atoms with Gasteiger partial charge in [0.1, 0.15) is 5.76 Å². The highest BCUT2D eigenvalue weighted by Crippen LogP contribution is 2.32. The van der Waals surface area contributed by atoms with Crippen molar-refractivity contribution in [1.29, 1.82) is 0 Å². The van der Waals surface area contributed by atoms with Crippen molar-refractivity contribution in [3.63, 3.8) is 0 Å². The predicted octanol–water partition coefficient (Wildman–Crippen LogP) is 3.13. The number of hydrogen-bond donors (Lipinski definition) is 2. The standard InChI is InChI=1S/C16H21NO3S/c1-3-12(4-2)15(18)17-11-16(19,13-7-5-9-20-13)14-8-6-10-21-14/h5-10,12,19H,3-4,11H2,1-2H3,(H,17,18). The quantitative estimate of drug-likeness (QED) is 0.826. The number of rotatable bonds is 7. The van der Waals surface area contributed by atoms with Crippen LogP contribution in [0.2, 0.25) is 0 Å². The molecule has 2 rings (SSSR count). The average Bonchev–Trinajstić information content (AvgIpc) is 3.18. The third-order valence-electron chi connectivity index (χ3n) is 3.73. The van der Waals surface area contributed by atoms with Crippen LogP contribution in [0.3, 0.4) is 0 Å². The van der Waals surface area contributed by atoms with Gasteiger partial charge in [0.2, 0.25) is 5.91 Å². The van der Waals surface area contributed by atoms with E-state index in [0.29, 0.717) is 5.76 Å². The first-order valence-electron chi connectivity index (χ1n) is 7.19. The molecule has 0 aliphatic carbocycles. The minimum atomic E-state index is -1.32. The van der Waals surface area contributed by atoms with E-state index in [1.54, 1.807) is 12.1 Å². The van der Waals surface area contributed by atoms with Gasteiger partial charge in [-0.05, 0) is 36.4 Å². The number of aliphatic hydroxyl groups is 1. The molecule has 5 heteroatoms. The molecule has 0 spiro atoms. The molecule has 1 unspecified atom stereocenters. The van der Waals surface area contributed by atoms with Crippen LogP contribution in [0.15, 0.2) is 40.3 Å². The molecular formula is C16H21NO3S. The van der Waals surface area contributed by atoms with E-state index in [9.17, 15) is 9.90 Å². The second-order valence-electron chi connectivity index (χ2n) is 5.05. The van der Waals surface area contributed by atoms with Gasteiger partial charge in [-0.3, -0.25) is 4.79 Å². The fourth-order valence-electron chi connectivity index (χ4n) is 2.34. The summed E-state index contributed by atoms with van der Waals surface area (Å²) in [4.78, 5) is 12.9. The summed E-state index contributed by atoms with van der Waals surface area (Å²) in [6.07, 6.45) is 3.11. The lowest BCUT2D eigenvalue weighted by Crippen LogP contribution is -2.43. The smallest absolute Gasteiger partial charge is 0.223 e. The van der Waals surface area contributed by atoms with E-state index in [1.807, 2.05) is 31.4 Å². The third kappa shape index (κ3) is 3.36. The molecule has 0 fully saturated rings. The predicted molar refractivity (Wildman–Crippen MR) is 83.1 cm³/mol. The lowest BCUT2D eigenvalue weighted by molar-refractivity contribution is -0.126. The van der Waals surface area contributed by atoms with Crippen LogP contribution in [-0.4, -0.2) is 17.6 Å². The fraction of sp³-hybridized carbons (Fsp3) is 0.438. The summed E-state index contributed by atoms with van der Waals surface area (Å²) in [6, 6.07) is 7.17. The number of hydrogen-bond acceptors (Lipinski definition) is 4. The van der Waals surface area contributed by atoms with Gasteiger partial charge in [0, 0.05) is 10.8 Å². The third-order valence-corrected chi connectivity index (χ3v) is 4.75. The van der Waals surface area contributed by atoms with Gasteiger partial charge >= 0.3 is 0 Å². The van der Waals surface area contributed by atoms with Gasteiger partial charge in [0.25, 0.3) is 0 Å². The Bertz CT molecular complexity index is 510. The van der Waals surface area contributed by atoms with E-state index in [0.717, 1.165) is 17.7 Å². The van der Waals surface area contributed by atoms with Gasteiger partial charge in [-0.1, -0.05) is 19.9 Å². The molecule has 0 saturated carbocycles. The van der Waals surface area contributed by atoms with Crippen molar-refractivity contribution in [2.45, 2.75) is 32.3 Å². The number of nitrogens with one attached hydrogen (secondary N) is 1. The first-order chi connectivity index (χ1) is 10.1. The van der Waals surface area contributed by atoms with Crippen LogP contribution in [0.5, 0.6) is 0 Å². The molecule has 2 heterocycles. The number of carbonyl (C=O) groups is 1. The maximum Gasteiger partial charge on any atom is 0.223 e. The summed E-state index contributed by atoms with van der Waals surface area (Å²) in [5, 5.41) is 15.8. The molecule has 0 aliphatic rings. The first kappa shape index (κ1) is 15.8. The Labute approximate surface area is 128 Å². The summed E-state index contributed by atoms with van der Waals surface area (Å²) >= 11 is 1.44. The Morgan fingerprint density at radius 2 is 2.14 bits per heavy atom. The monoisotopic (exact) mass is 307 g/mol. The lowest BCUT2D eigenvalue weighted by Gasteiger charge is -2.26. The van der Waals surface area contributed by atoms with Crippen molar-refractivity contribution in [2.75, 3.05) is 6.54 Å². The molecular weight excluding hydrogens is 286 g/mol. The van der Waals surface area contributed by atoms with Crippen molar-refractivity contribution < 1.29 is 14.3 Å². The molecule has 0 aromatic carbocycles. The van der Waals surface area contributed by atoms with Crippen molar-refractivity contribution in [1.82, 2.24) is 5.32 Å². The Kier molecular flexibility index (Phi) is 5.20. The number of carbonyl (C=O) groups excluding carboxylic acids is 1. The zero-order chi connectivity index (χ0) is 15.3. The molecule has 2 N–H and O–H groups in total. The summed E-state index contributed by atoms with van der Waals surface area (Å²) in [5.74, 6) is 0.394. The van der Waals surface area contributed by atoms with Gasteiger partial charge in [-0.2, -0.15) is 0 Å². The fourth-order valence-corrected chi connectivity index (χ4v) is 3.17. The molecule has 114 valence electrons. The zero-order valence-corrected chi connectivity index (χ0v) is 13.2. The van der Waals surface area contributed by atoms with Crippen LogP contribution in [0.1, 0.15) is 37.3 Å².